The molecule has 0 aliphatic carbocycles. The van der Waals surface area contributed by atoms with Crippen LogP contribution in [0.15, 0.2) is 47.5 Å². The second kappa shape index (κ2) is 9.24. The molecule has 1 aromatic carbocycles. The Morgan fingerprint density at radius 3 is 2.77 bits per heavy atom. The smallest absolute Gasteiger partial charge is 0.278 e. The van der Waals surface area contributed by atoms with E-state index in [1.807, 2.05) is 29.9 Å². The molecule has 0 atom stereocenters. The lowest BCUT2D eigenvalue weighted by atomic mass is 9.91. The van der Waals surface area contributed by atoms with Gasteiger partial charge >= 0.3 is 0 Å². The molecular formula is C26H32N8O. The summed E-state index contributed by atoms with van der Waals surface area (Å²) in [6.45, 7) is 9.40. The van der Waals surface area contributed by atoms with Crippen LogP contribution in [0.5, 0.6) is 0 Å². The standard InChI is InChI=1S/C26H32N8O/c1-26(2,3)22-14-20(8-10-29-22)34-23-21(24(35)33(34)12-11-27-4)16-30-25(32-23)31-19-6-5-18-15-28-9-7-17(18)13-19/h5-6,8,10,13-14,16,27-28H,7,9,11-12,15H2,1-4H3,(H,30,31,32). The molecule has 35 heavy (non-hydrogen) atoms. The van der Waals surface area contributed by atoms with Crippen molar-refractivity contribution < 1.29 is 0 Å². The number of likely N-dealkylation sites (N-methyl/N-ethyl adjacent to an activating group) is 1. The Morgan fingerprint density at radius 2 is 1.97 bits per heavy atom. The highest BCUT2D eigenvalue weighted by molar-refractivity contribution is 5.77. The van der Waals surface area contributed by atoms with Gasteiger partial charge < -0.3 is 16.0 Å². The van der Waals surface area contributed by atoms with Crippen molar-refractivity contribution in [2.24, 2.45) is 0 Å². The lowest BCUT2D eigenvalue weighted by Crippen LogP contribution is -2.27. The largest absolute Gasteiger partial charge is 0.324 e. The normalized spacial score (nSPS) is 13.7. The fourth-order valence-electron chi connectivity index (χ4n) is 4.42. The molecule has 9 heteroatoms. The van der Waals surface area contributed by atoms with Crippen molar-refractivity contribution in [2.75, 3.05) is 25.5 Å². The minimum Gasteiger partial charge on any atom is -0.324 e. The van der Waals surface area contributed by atoms with Crippen LogP contribution >= 0.6 is 0 Å². The number of rotatable bonds is 6. The van der Waals surface area contributed by atoms with Crippen molar-refractivity contribution >= 4 is 22.7 Å². The number of nitrogens with one attached hydrogen (secondary N) is 3. The molecule has 0 bridgehead atoms. The molecule has 0 saturated heterocycles. The molecule has 0 spiro atoms. The number of anilines is 2. The van der Waals surface area contributed by atoms with E-state index in [0.29, 0.717) is 30.1 Å². The Morgan fingerprint density at radius 1 is 1.11 bits per heavy atom. The van der Waals surface area contributed by atoms with Gasteiger partial charge in [-0.15, -0.1) is 0 Å². The van der Waals surface area contributed by atoms with Gasteiger partial charge in [0.25, 0.3) is 5.56 Å². The summed E-state index contributed by atoms with van der Waals surface area (Å²) < 4.78 is 3.60. The van der Waals surface area contributed by atoms with E-state index in [1.165, 1.54) is 11.1 Å². The fraction of sp³-hybridized carbons (Fsp3) is 0.385. The van der Waals surface area contributed by atoms with Gasteiger partial charge in [0.2, 0.25) is 5.95 Å². The summed E-state index contributed by atoms with van der Waals surface area (Å²) in [6, 6.07) is 10.3. The molecule has 9 nitrogen and oxygen atoms in total. The first-order valence-electron chi connectivity index (χ1n) is 12.0. The Bertz CT molecular complexity index is 1430. The average molecular weight is 473 g/mol. The Hall–Kier alpha value is -3.56. The topological polar surface area (TPSA) is 102 Å². The van der Waals surface area contributed by atoms with E-state index < -0.39 is 0 Å². The molecule has 0 unspecified atom stereocenters. The van der Waals surface area contributed by atoms with Gasteiger partial charge in [-0.05, 0) is 55.4 Å². The van der Waals surface area contributed by atoms with Crippen molar-refractivity contribution in [3.05, 3.63) is 69.9 Å². The van der Waals surface area contributed by atoms with Crippen LogP contribution in [0, 0.1) is 0 Å². The predicted octanol–water partition coefficient (Wildman–Crippen LogP) is 2.88. The van der Waals surface area contributed by atoms with E-state index in [2.05, 4.69) is 58.8 Å². The summed E-state index contributed by atoms with van der Waals surface area (Å²) >= 11 is 0. The zero-order chi connectivity index (χ0) is 24.6. The van der Waals surface area contributed by atoms with Crippen molar-refractivity contribution in [1.29, 1.82) is 0 Å². The summed E-state index contributed by atoms with van der Waals surface area (Å²) in [4.78, 5) is 27.2. The van der Waals surface area contributed by atoms with Crippen LogP contribution in [0.2, 0.25) is 0 Å². The zero-order valence-corrected chi connectivity index (χ0v) is 20.7. The maximum Gasteiger partial charge on any atom is 0.278 e. The van der Waals surface area contributed by atoms with E-state index >= 15 is 0 Å². The highest BCUT2D eigenvalue weighted by atomic mass is 16.1. The fourth-order valence-corrected chi connectivity index (χ4v) is 4.42. The maximum absolute atomic E-state index is 13.3. The number of hydrogen-bond donors (Lipinski definition) is 3. The van der Waals surface area contributed by atoms with Gasteiger partial charge in [0.05, 0.1) is 12.2 Å². The number of benzene rings is 1. The van der Waals surface area contributed by atoms with Gasteiger partial charge in [-0.2, -0.15) is 4.98 Å². The molecular weight excluding hydrogens is 440 g/mol. The molecule has 5 rings (SSSR count). The third kappa shape index (κ3) is 4.56. The van der Waals surface area contributed by atoms with Gasteiger partial charge in [0.15, 0.2) is 5.65 Å². The van der Waals surface area contributed by atoms with E-state index in [1.54, 1.807) is 17.1 Å². The molecule has 4 aromatic rings. The Kier molecular flexibility index (Phi) is 6.12. The second-order valence-corrected chi connectivity index (χ2v) is 9.96. The summed E-state index contributed by atoms with van der Waals surface area (Å²) in [7, 11) is 1.87. The highest BCUT2D eigenvalue weighted by Gasteiger charge is 2.21. The molecule has 3 N–H and O–H groups in total. The summed E-state index contributed by atoms with van der Waals surface area (Å²) in [5.74, 6) is 0.455. The first-order chi connectivity index (χ1) is 16.8. The molecule has 0 radical (unpaired) electrons. The average Bonchev–Trinajstić information content (AvgIpc) is 3.13. The molecule has 0 saturated carbocycles. The number of fused-ring (bicyclic) bond motifs is 2. The summed E-state index contributed by atoms with van der Waals surface area (Å²) in [5, 5.41) is 10.4. The van der Waals surface area contributed by atoms with Crippen LogP contribution in [0.3, 0.4) is 0 Å². The number of hydrogen-bond acceptors (Lipinski definition) is 7. The number of nitrogens with zero attached hydrogens (tertiary/aromatic N) is 5. The molecule has 1 aliphatic rings. The summed E-state index contributed by atoms with van der Waals surface area (Å²) in [5.41, 5.74) is 5.71. The molecule has 3 aromatic heterocycles. The molecule has 4 heterocycles. The lowest BCUT2D eigenvalue weighted by Gasteiger charge is -2.19. The predicted molar refractivity (Wildman–Crippen MR) is 139 cm³/mol. The van der Waals surface area contributed by atoms with Crippen molar-refractivity contribution in [3.8, 4) is 5.69 Å². The highest BCUT2D eigenvalue weighted by Crippen LogP contribution is 2.25. The van der Waals surface area contributed by atoms with Crippen LogP contribution in [0.25, 0.3) is 16.7 Å². The van der Waals surface area contributed by atoms with E-state index in [-0.39, 0.29) is 11.0 Å². The third-order valence-electron chi connectivity index (χ3n) is 6.35. The van der Waals surface area contributed by atoms with Gasteiger partial charge in [0, 0.05) is 42.3 Å². The van der Waals surface area contributed by atoms with E-state index in [4.69, 9.17) is 4.98 Å². The van der Waals surface area contributed by atoms with Crippen LogP contribution in [0.1, 0.15) is 37.6 Å². The van der Waals surface area contributed by atoms with Gasteiger partial charge in [-0.3, -0.25) is 9.78 Å². The molecule has 1 aliphatic heterocycles. The van der Waals surface area contributed by atoms with Crippen LogP contribution < -0.4 is 21.5 Å². The third-order valence-corrected chi connectivity index (χ3v) is 6.35. The van der Waals surface area contributed by atoms with Crippen LogP contribution in [0.4, 0.5) is 11.6 Å². The van der Waals surface area contributed by atoms with Crippen molar-refractivity contribution in [2.45, 2.75) is 45.7 Å². The first-order valence-corrected chi connectivity index (χ1v) is 12.0. The Balaban J connectivity index is 1.61. The maximum atomic E-state index is 13.3. The molecule has 182 valence electrons. The lowest BCUT2D eigenvalue weighted by molar-refractivity contribution is 0.523. The molecule has 0 fully saturated rings. The van der Waals surface area contributed by atoms with Crippen LogP contribution in [-0.2, 0) is 24.9 Å². The number of aromatic nitrogens is 5. The van der Waals surface area contributed by atoms with Gasteiger partial charge in [0.1, 0.15) is 5.39 Å². The molecule has 0 amide bonds. The van der Waals surface area contributed by atoms with Gasteiger partial charge in [-0.1, -0.05) is 26.8 Å². The number of pyridine rings is 1. The van der Waals surface area contributed by atoms with Crippen molar-refractivity contribution in [1.82, 2.24) is 34.9 Å². The van der Waals surface area contributed by atoms with Crippen molar-refractivity contribution in [3.63, 3.8) is 0 Å². The second-order valence-electron chi connectivity index (χ2n) is 9.96. The SMILES string of the molecule is CNCCn1c(=O)c2cnc(Nc3ccc4c(c3)CCNC4)nc2n1-c1ccnc(C(C)(C)C)c1. The van der Waals surface area contributed by atoms with E-state index in [0.717, 1.165) is 36.6 Å². The zero-order valence-electron chi connectivity index (χ0n) is 20.7. The monoisotopic (exact) mass is 472 g/mol. The Labute approximate surface area is 204 Å². The quantitative estimate of drug-likeness (QED) is 0.397. The van der Waals surface area contributed by atoms with E-state index in [9.17, 15) is 4.79 Å². The first kappa shape index (κ1) is 23.2. The summed E-state index contributed by atoms with van der Waals surface area (Å²) in [6.07, 6.45) is 4.40. The minimum atomic E-state index is -0.126. The minimum absolute atomic E-state index is 0.114. The van der Waals surface area contributed by atoms with Crippen LogP contribution in [-0.4, -0.2) is 44.5 Å². The van der Waals surface area contributed by atoms with Gasteiger partial charge in [-0.25, -0.2) is 14.3 Å².